The van der Waals surface area contributed by atoms with Crippen LogP contribution in [0.4, 0.5) is 4.39 Å². The normalized spacial score (nSPS) is 24.7. The zero-order valence-electron chi connectivity index (χ0n) is 18.5. The maximum Gasteiger partial charge on any atom is 0.325 e. The van der Waals surface area contributed by atoms with E-state index in [1.54, 1.807) is 0 Å². The number of esters is 1. The average Bonchev–Trinajstić information content (AvgIpc) is 3.05. The Morgan fingerprint density at radius 3 is 2.53 bits per heavy atom. The molecule has 1 aromatic rings. The molecule has 6 atom stereocenters. The van der Waals surface area contributed by atoms with Crippen LogP contribution in [0.1, 0.15) is 64.9 Å². The van der Waals surface area contributed by atoms with Gasteiger partial charge in [0.25, 0.3) is 0 Å². The first-order valence-electron chi connectivity index (χ1n) is 11.2. The number of carbonyl (C=O) groups is 1. The third-order valence-electron chi connectivity index (χ3n) is 6.12. The van der Waals surface area contributed by atoms with E-state index >= 15 is 0 Å². The molecular formula is C24H36FN3O2. The summed E-state index contributed by atoms with van der Waals surface area (Å²) in [5, 5.41) is 9.83. The van der Waals surface area contributed by atoms with Crippen molar-refractivity contribution in [2.75, 3.05) is 0 Å². The molecule has 3 unspecified atom stereocenters. The van der Waals surface area contributed by atoms with Crippen molar-refractivity contribution in [1.82, 2.24) is 4.90 Å². The molecule has 0 aromatic heterocycles. The molecule has 1 fully saturated rings. The van der Waals surface area contributed by atoms with Gasteiger partial charge in [-0.2, -0.15) is 5.26 Å². The van der Waals surface area contributed by atoms with Crippen LogP contribution in [0.3, 0.4) is 0 Å². The van der Waals surface area contributed by atoms with Crippen molar-refractivity contribution in [2.45, 2.75) is 90.3 Å². The van der Waals surface area contributed by atoms with E-state index in [2.05, 4.69) is 17.9 Å². The maximum absolute atomic E-state index is 14.0. The Morgan fingerprint density at radius 1 is 1.30 bits per heavy atom. The van der Waals surface area contributed by atoms with Crippen LogP contribution >= 0.6 is 0 Å². The van der Waals surface area contributed by atoms with Crippen LogP contribution in [-0.2, 0) is 16.1 Å². The molecule has 0 aliphatic carbocycles. The molecule has 0 spiro atoms. The number of nitrogens with two attached hydrogens (primary N) is 1. The van der Waals surface area contributed by atoms with Gasteiger partial charge in [-0.3, -0.25) is 9.69 Å². The highest BCUT2D eigenvalue weighted by Gasteiger charge is 2.46. The Balaban J connectivity index is 2.29. The molecule has 1 aliphatic rings. The van der Waals surface area contributed by atoms with E-state index < -0.39 is 18.4 Å². The predicted octanol–water partition coefficient (Wildman–Crippen LogP) is 4.56. The predicted molar refractivity (Wildman–Crippen MR) is 116 cm³/mol. The van der Waals surface area contributed by atoms with Gasteiger partial charge in [0.2, 0.25) is 6.36 Å². The number of carbonyl (C=O) groups excluding carboxylic acids is 1. The Hall–Kier alpha value is -1.97. The van der Waals surface area contributed by atoms with Gasteiger partial charge in [-0.25, -0.2) is 4.39 Å². The van der Waals surface area contributed by atoms with Crippen LogP contribution < -0.4 is 5.73 Å². The highest BCUT2D eigenvalue weighted by Crippen LogP contribution is 2.37. The number of benzene rings is 1. The van der Waals surface area contributed by atoms with E-state index in [1.807, 2.05) is 44.2 Å². The van der Waals surface area contributed by atoms with Gasteiger partial charge in [-0.1, -0.05) is 50.6 Å². The van der Waals surface area contributed by atoms with Gasteiger partial charge >= 0.3 is 5.97 Å². The van der Waals surface area contributed by atoms with E-state index in [9.17, 15) is 14.4 Å². The van der Waals surface area contributed by atoms with Crippen molar-refractivity contribution in [3.05, 3.63) is 35.9 Å². The van der Waals surface area contributed by atoms with E-state index in [-0.39, 0.29) is 30.3 Å². The lowest BCUT2D eigenvalue weighted by atomic mass is 9.85. The molecule has 0 amide bonds. The summed E-state index contributed by atoms with van der Waals surface area (Å²) in [5.41, 5.74) is 7.29. The quantitative estimate of drug-likeness (QED) is 0.534. The smallest absolute Gasteiger partial charge is 0.325 e. The monoisotopic (exact) mass is 417 g/mol. The first-order chi connectivity index (χ1) is 14.4. The van der Waals surface area contributed by atoms with Crippen molar-refractivity contribution < 1.29 is 13.9 Å². The summed E-state index contributed by atoms with van der Waals surface area (Å²) in [4.78, 5) is 14.9. The Labute approximate surface area is 180 Å². The molecule has 1 saturated heterocycles. The lowest BCUT2D eigenvalue weighted by molar-refractivity contribution is -0.164. The van der Waals surface area contributed by atoms with Gasteiger partial charge in [0.15, 0.2) is 0 Å². The van der Waals surface area contributed by atoms with Gasteiger partial charge in [0.1, 0.15) is 6.04 Å². The second kappa shape index (κ2) is 12.0. The number of likely N-dealkylation sites (tertiary alicyclic amines) is 1. The SMILES string of the molecule is CCCC(F)OC(=O)[C@H]1C[C@@H](C#N)[C@@H](CC(CCC)C(C)N)N1Cc1ccccc1. The van der Waals surface area contributed by atoms with Gasteiger partial charge in [0.05, 0.1) is 12.0 Å². The molecule has 1 heterocycles. The van der Waals surface area contributed by atoms with Gasteiger partial charge < -0.3 is 10.5 Å². The molecule has 166 valence electrons. The summed E-state index contributed by atoms with van der Waals surface area (Å²) in [6.07, 6.45) is 2.29. The lowest BCUT2D eigenvalue weighted by Crippen LogP contribution is -2.44. The number of nitriles is 1. The minimum absolute atomic E-state index is 0.00801. The van der Waals surface area contributed by atoms with Crippen LogP contribution in [0.25, 0.3) is 0 Å². The number of halogens is 1. The van der Waals surface area contributed by atoms with Crippen molar-refractivity contribution in [3.63, 3.8) is 0 Å². The number of hydrogen-bond acceptors (Lipinski definition) is 5. The molecule has 5 nitrogen and oxygen atoms in total. The topological polar surface area (TPSA) is 79.3 Å². The lowest BCUT2D eigenvalue weighted by Gasteiger charge is -2.33. The fraction of sp³-hybridized carbons (Fsp3) is 0.667. The fourth-order valence-corrected chi connectivity index (χ4v) is 4.45. The average molecular weight is 418 g/mol. The van der Waals surface area contributed by atoms with E-state index in [4.69, 9.17) is 10.5 Å². The number of alkyl halides is 1. The van der Waals surface area contributed by atoms with Gasteiger partial charge in [-0.05, 0) is 44.1 Å². The highest BCUT2D eigenvalue weighted by molar-refractivity contribution is 5.76. The van der Waals surface area contributed by atoms with Crippen LogP contribution in [-0.4, -0.2) is 35.4 Å². The molecular weight excluding hydrogens is 381 g/mol. The van der Waals surface area contributed by atoms with Crippen LogP contribution in [0, 0.1) is 23.2 Å². The van der Waals surface area contributed by atoms with Crippen molar-refractivity contribution in [1.29, 1.82) is 5.26 Å². The second-order valence-corrected chi connectivity index (χ2v) is 8.49. The van der Waals surface area contributed by atoms with Gasteiger partial charge in [0, 0.05) is 25.0 Å². The largest absolute Gasteiger partial charge is 0.430 e. The van der Waals surface area contributed by atoms with Gasteiger partial charge in [-0.15, -0.1) is 0 Å². The number of rotatable bonds is 11. The van der Waals surface area contributed by atoms with Crippen molar-refractivity contribution in [2.24, 2.45) is 17.6 Å². The molecule has 30 heavy (non-hydrogen) atoms. The molecule has 0 radical (unpaired) electrons. The summed E-state index contributed by atoms with van der Waals surface area (Å²) in [6.45, 7) is 6.50. The standard InChI is InChI=1S/C24H36FN3O2/c1-4-9-19(17(3)27)13-21-20(15-26)14-22(24(29)30-23(25)10-5-2)28(21)16-18-11-7-6-8-12-18/h6-8,11-12,17,19-23H,4-5,9-10,13-14,16,27H2,1-3H3/t17?,19?,20-,21+,22+,23?/m0/s1. The fourth-order valence-electron chi connectivity index (χ4n) is 4.45. The van der Waals surface area contributed by atoms with Crippen LogP contribution in [0.15, 0.2) is 30.3 Å². The molecule has 1 aliphatic heterocycles. The summed E-state index contributed by atoms with van der Waals surface area (Å²) in [6, 6.07) is 11.5. The highest BCUT2D eigenvalue weighted by atomic mass is 19.1. The minimum atomic E-state index is -1.60. The molecule has 0 saturated carbocycles. The molecule has 0 bridgehead atoms. The minimum Gasteiger partial charge on any atom is -0.430 e. The van der Waals surface area contributed by atoms with Crippen LogP contribution in [0.5, 0.6) is 0 Å². The number of ether oxygens (including phenoxy) is 1. The molecule has 2 rings (SSSR count). The Bertz CT molecular complexity index is 691. The Kier molecular flexibility index (Phi) is 9.74. The maximum atomic E-state index is 14.0. The summed E-state index contributed by atoms with van der Waals surface area (Å²) in [5.74, 6) is -0.617. The van der Waals surface area contributed by atoms with E-state index in [0.717, 1.165) is 24.8 Å². The first-order valence-corrected chi connectivity index (χ1v) is 11.2. The zero-order valence-corrected chi connectivity index (χ0v) is 18.5. The molecule has 2 N–H and O–H groups in total. The number of nitrogens with zero attached hydrogens (tertiary/aromatic N) is 2. The summed E-state index contributed by atoms with van der Waals surface area (Å²) in [7, 11) is 0. The Morgan fingerprint density at radius 2 is 1.97 bits per heavy atom. The zero-order chi connectivity index (χ0) is 22.1. The van der Waals surface area contributed by atoms with Crippen molar-refractivity contribution >= 4 is 5.97 Å². The van der Waals surface area contributed by atoms with E-state index in [0.29, 0.717) is 19.4 Å². The van der Waals surface area contributed by atoms with Crippen molar-refractivity contribution in [3.8, 4) is 6.07 Å². The molecule has 1 aromatic carbocycles. The first kappa shape index (κ1) is 24.3. The molecule has 6 heteroatoms. The van der Waals surface area contributed by atoms with E-state index in [1.165, 1.54) is 0 Å². The summed E-state index contributed by atoms with van der Waals surface area (Å²) < 4.78 is 19.1. The summed E-state index contributed by atoms with van der Waals surface area (Å²) >= 11 is 0. The third-order valence-corrected chi connectivity index (χ3v) is 6.12. The third kappa shape index (κ3) is 6.52. The van der Waals surface area contributed by atoms with Crippen LogP contribution in [0.2, 0.25) is 0 Å². The number of hydrogen-bond donors (Lipinski definition) is 1. The second-order valence-electron chi connectivity index (χ2n) is 8.49.